The Hall–Kier alpha value is -1.85. The predicted molar refractivity (Wildman–Crippen MR) is 100 cm³/mol. The molecule has 26 heavy (non-hydrogen) atoms. The minimum atomic E-state index is -0.0955. The van der Waals surface area contributed by atoms with Crippen molar-refractivity contribution >= 4 is 17.8 Å². The van der Waals surface area contributed by atoms with Gasteiger partial charge in [-0.25, -0.2) is 0 Å². The lowest BCUT2D eigenvalue weighted by atomic mass is 9.85. The quantitative estimate of drug-likeness (QED) is 0.227. The van der Waals surface area contributed by atoms with Gasteiger partial charge in [0, 0.05) is 26.2 Å². The molecule has 1 heterocycles. The number of amides is 2. The van der Waals surface area contributed by atoms with Crippen LogP contribution in [0.3, 0.4) is 0 Å². The van der Waals surface area contributed by atoms with Crippen molar-refractivity contribution < 1.29 is 9.59 Å². The number of carbonyl (C=O) groups excluding carboxylic acids is 2. The summed E-state index contributed by atoms with van der Waals surface area (Å²) in [5.41, 5.74) is 0. The van der Waals surface area contributed by atoms with Gasteiger partial charge in [-0.2, -0.15) is 0 Å². The van der Waals surface area contributed by atoms with Crippen LogP contribution < -0.4 is 10.6 Å². The zero-order valence-electron chi connectivity index (χ0n) is 15.6. The Labute approximate surface area is 155 Å². The molecule has 4 rings (SSSR count). The second-order valence-corrected chi connectivity index (χ2v) is 8.10. The number of rotatable bonds is 8. The van der Waals surface area contributed by atoms with E-state index in [-0.39, 0.29) is 35.5 Å². The van der Waals surface area contributed by atoms with Gasteiger partial charge in [-0.1, -0.05) is 25.0 Å². The van der Waals surface area contributed by atoms with Gasteiger partial charge in [0.1, 0.15) is 0 Å². The highest BCUT2D eigenvalue weighted by molar-refractivity contribution is 6.06. The lowest BCUT2D eigenvalue weighted by molar-refractivity contribution is -0.140. The molecule has 1 saturated heterocycles. The molecule has 4 atom stereocenters. The number of nitrogens with zero attached hydrogens (tertiary/aromatic N) is 2. The molecule has 0 aromatic heterocycles. The molecule has 0 aromatic rings. The molecule has 4 unspecified atom stereocenters. The lowest BCUT2D eigenvalue weighted by Gasteiger charge is -2.18. The zero-order chi connectivity index (χ0) is 18.1. The second-order valence-electron chi connectivity index (χ2n) is 8.10. The minimum absolute atomic E-state index is 0.0324. The second kappa shape index (κ2) is 7.41. The van der Waals surface area contributed by atoms with E-state index in [1.165, 1.54) is 24.2 Å². The highest BCUT2D eigenvalue weighted by Crippen LogP contribution is 2.52. The molecule has 1 aliphatic heterocycles. The average molecular weight is 358 g/mol. The number of fused-ring (bicyclic) bond motifs is 5. The Balaban J connectivity index is 1.25. The summed E-state index contributed by atoms with van der Waals surface area (Å²) in [7, 11) is 0. The summed E-state index contributed by atoms with van der Waals surface area (Å²) in [6, 6.07) is 0. The van der Waals surface area contributed by atoms with Crippen LogP contribution in [0, 0.1) is 29.6 Å². The summed E-state index contributed by atoms with van der Waals surface area (Å²) < 4.78 is 0. The van der Waals surface area contributed by atoms with Gasteiger partial charge < -0.3 is 10.6 Å². The Bertz CT molecular complexity index is 595. The van der Waals surface area contributed by atoms with Crippen molar-refractivity contribution in [1.29, 1.82) is 0 Å². The van der Waals surface area contributed by atoms with E-state index in [4.69, 9.17) is 0 Å². The maximum Gasteiger partial charge on any atom is 0.233 e. The molecule has 142 valence electrons. The predicted octanol–water partition coefficient (Wildman–Crippen LogP) is 1.54. The van der Waals surface area contributed by atoms with Gasteiger partial charge in [-0.05, 0) is 43.9 Å². The number of aliphatic imine (C=N–C) groups is 1. The third kappa shape index (κ3) is 3.38. The first-order valence-corrected chi connectivity index (χ1v) is 10.2. The standard InChI is InChI=1S/C20H30N4O2/c1-2-21-20(22-9-3-4-13-5-6-13)23-10-11-24-18(25)16-14-7-8-15(12-14)17(16)19(24)26/h7-8,13-17H,2-6,9-12H2,1H3,(H2,21,22,23). The number of imide groups is 1. The van der Waals surface area contributed by atoms with E-state index in [2.05, 4.69) is 27.8 Å². The highest BCUT2D eigenvalue weighted by Gasteiger charge is 2.58. The Morgan fingerprint density at radius 1 is 1.15 bits per heavy atom. The highest BCUT2D eigenvalue weighted by atomic mass is 16.2. The largest absolute Gasteiger partial charge is 0.357 e. The molecule has 6 heteroatoms. The van der Waals surface area contributed by atoms with E-state index in [0.717, 1.165) is 37.8 Å². The van der Waals surface area contributed by atoms with E-state index >= 15 is 0 Å². The Morgan fingerprint density at radius 2 is 1.85 bits per heavy atom. The first-order chi connectivity index (χ1) is 12.7. The SMILES string of the molecule is CCNC(=NCCCC1CC1)NCCN1C(=O)C2C3C=CC(C3)C2C1=O. The number of carbonyl (C=O) groups is 2. The van der Waals surface area contributed by atoms with Crippen molar-refractivity contribution in [2.75, 3.05) is 26.2 Å². The molecule has 0 spiro atoms. The Morgan fingerprint density at radius 3 is 2.46 bits per heavy atom. The molecule has 3 aliphatic carbocycles. The molecule has 2 amide bonds. The fraction of sp³-hybridized carbons (Fsp3) is 0.750. The molecular weight excluding hydrogens is 328 g/mol. The first kappa shape index (κ1) is 17.6. The van der Waals surface area contributed by atoms with Crippen molar-refractivity contribution in [3.05, 3.63) is 12.2 Å². The third-order valence-electron chi connectivity index (χ3n) is 6.27. The van der Waals surface area contributed by atoms with Crippen LogP contribution in [0.4, 0.5) is 0 Å². The number of nitrogens with one attached hydrogen (secondary N) is 2. The summed E-state index contributed by atoms with van der Waals surface area (Å²) in [5, 5.41) is 6.51. The van der Waals surface area contributed by atoms with E-state index in [9.17, 15) is 9.59 Å². The number of likely N-dealkylation sites (tertiary alicyclic amines) is 1. The van der Waals surface area contributed by atoms with E-state index in [1.807, 2.05) is 6.92 Å². The number of hydrogen-bond donors (Lipinski definition) is 2. The van der Waals surface area contributed by atoms with Gasteiger partial charge in [0.2, 0.25) is 11.8 Å². The van der Waals surface area contributed by atoms with Crippen molar-refractivity contribution in [3.63, 3.8) is 0 Å². The molecule has 0 radical (unpaired) electrons. The third-order valence-corrected chi connectivity index (χ3v) is 6.27. The van der Waals surface area contributed by atoms with Crippen molar-refractivity contribution in [3.8, 4) is 0 Å². The smallest absolute Gasteiger partial charge is 0.233 e. The van der Waals surface area contributed by atoms with Crippen LogP contribution in [-0.2, 0) is 9.59 Å². The topological polar surface area (TPSA) is 73.8 Å². The van der Waals surface area contributed by atoms with Gasteiger partial charge in [0.25, 0.3) is 0 Å². The number of hydrogen-bond acceptors (Lipinski definition) is 3. The number of allylic oxidation sites excluding steroid dienone is 2. The molecule has 6 nitrogen and oxygen atoms in total. The van der Waals surface area contributed by atoms with Gasteiger partial charge in [-0.3, -0.25) is 19.5 Å². The fourth-order valence-corrected chi connectivity index (χ4v) is 4.79. The first-order valence-electron chi connectivity index (χ1n) is 10.2. The molecule has 0 aromatic carbocycles. The molecule has 2 saturated carbocycles. The van der Waals surface area contributed by atoms with Crippen LogP contribution in [0.2, 0.25) is 0 Å². The summed E-state index contributed by atoms with van der Waals surface area (Å²) in [6.45, 7) is 4.64. The van der Waals surface area contributed by atoms with E-state index in [1.54, 1.807) is 0 Å². The monoisotopic (exact) mass is 358 g/mol. The normalized spacial score (nSPS) is 32.5. The Kier molecular flexibility index (Phi) is 5.00. The van der Waals surface area contributed by atoms with Gasteiger partial charge in [0.05, 0.1) is 11.8 Å². The molecule has 4 aliphatic rings. The minimum Gasteiger partial charge on any atom is -0.357 e. The molecular formula is C20H30N4O2. The van der Waals surface area contributed by atoms with Crippen molar-refractivity contribution in [2.24, 2.45) is 34.6 Å². The van der Waals surface area contributed by atoms with Gasteiger partial charge in [-0.15, -0.1) is 0 Å². The van der Waals surface area contributed by atoms with Gasteiger partial charge in [0.15, 0.2) is 5.96 Å². The maximum absolute atomic E-state index is 12.7. The molecule has 2 N–H and O–H groups in total. The van der Waals surface area contributed by atoms with Crippen LogP contribution in [0.25, 0.3) is 0 Å². The fourth-order valence-electron chi connectivity index (χ4n) is 4.79. The summed E-state index contributed by atoms with van der Waals surface area (Å²) >= 11 is 0. The van der Waals surface area contributed by atoms with Gasteiger partial charge >= 0.3 is 0 Å². The molecule has 3 fully saturated rings. The van der Waals surface area contributed by atoms with Crippen LogP contribution in [-0.4, -0.2) is 48.9 Å². The van der Waals surface area contributed by atoms with E-state index < -0.39 is 0 Å². The van der Waals surface area contributed by atoms with Crippen LogP contribution in [0.5, 0.6) is 0 Å². The van der Waals surface area contributed by atoms with Crippen LogP contribution in [0.1, 0.15) is 39.0 Å². The summed E-state index contributed by atoms with van der Waals surface area (Å²) in [4.78, 5) is 31.4. The van der Waals surface area contributed by atoms with E-state index in [0.29, 0.717) is 13.1 Å². The van der Waals surface area contributed by atoms with Crippen LogP contribution >= 0.6 is 0 Å². The van der Waals surface area contributed by atoms with Crippen molar-refractivity contribution in [2.45, 2.75) is 39.0 Å². The average Bonchev–Trinajstić information content (AvgIpc) is 3.13. The lowest BCUT2D eigenvalue weighted by Crippen LogP contribution is -2.43. The van der Waals surface area contributed by atoms with Crippen LogP contribution in [0.15, 0.2) is 17.1 Å². The zero-order valence-corrected chi connectivity index (χ0v) is 15.6. The maximum atomic E-state index is 12.7. The molecule has 2 bridgehead atoms. The summed E-state index contributed by atoms with van der Waals surface area (Å²) in [6.07, 6.45) is 10.4. The number of guanidine groups is 1. The summed E-state index contributed by atoms with van der Waals surface area (Å²) in [5.74, 6) is 2.16. The van der Waals surface area contributed by atoms with Crippen molar-refractivity contribution in [1.82, 2.24) is 15.5 Å².